The van der Waals surface area contributed by atoms with E-state index in [0.717, 1.165) is 29.9 Å². The van der Waals surface area contributed by atoms with Crippen molar-refractivity contribution in [1.29, 1.82) is 0 Å². The highest BCUT2D eigenvalue weighted by molar-refractivity contribution is 5.80. The molecule has 0 aromatic carbocycles. The Labute approximate surface area is 126 Å². The first-order valence-corrected chi connectivity index (χ1v) is 7.41. The minimum atomic E-state index is 0.0515. The van der Waals surface area contributed by atoms with Gasteiger partial charge in [-0.1, -0.05) is 0 Å². The van der Waals surface area contributed by atoms with Crippen LogP contribution in [0.15, 0.2) is 12.1 Å². The summed E-state index contributed by atoms with van der Waals surface area (Å²) in [6, 6.07) is 4.02. The Balaban J connectivity index is 1.85. The summed E-state index contributed by atoms with van der Waals surface area (Å²) in [5.74, 6) is 0.220. The number of hydrogen-bond donors (Lipinski definition) is 0. The molecule has 0 bridgehead atoms. The number of amides is 2. The standard InChI is InChI=1S/C16H23N3O2/c1-12-9-13(2)17-14(10-12)11-18(3)15(20)6-8-19-7-4-5-16(19)21/h9-10H,4-8,11H2,1-3H3. The third-order valence-electron chi connectivity index (χ3n) is 3.74. The van der Waals surface area contributed by atoms with Gasteiger partial charge in [0.25, 0.3) is 0 Å². The van der Waals surface area contributed by atoms with Crippen molar-refractivity contribution in [2.45, 2.75) is 39.7 Å². The van der Waals surface area contributed by atoms with Gasteiger partial charge < -0.3 is 9.80 Å². The van der Waals surface area contributed by atoms with Crippen molar-refractivity contribution in [1.82, 2.24) is 14.8 Å². The van der Waals surface area contributed by atoms with Gasteiger partial charge in [0.2, 0.25) is 11.8 Å². The highest BCUT2D eigenvalue weighted by Crippen LogP contribution is 2.11. The van der Waals surface area contributed by atoms with Crippen molar-refractivity contribution >= 4 is 11.8 Å². The molecule has 2 amide bonds. The summed E-state index contributed by atoms with van der Waals surface area (Å²) in [5.41, 5.74) is 3.02. The quantitative estimate of drug-likeness (QED) is 0.828. The van der Waals surface area contributed by atoms with Crippen LogP contribution in [0.25, 0.3) is 0 Å². The molecule has 5 nitrogen and oxygen atoms in total. The largest absolute Gasteiger partial charge is 0.342 e. The number of carbonyl (C=O) groups excluding carboxylic acids is 2. The summed E-state index contributed by atoms with van der Waals surface area (Å²) in [5, 5.41) is 0. The van der Waals surface area contributed by atoms with E-state index in [-0.39, 0.29) is 11.8 Å². The van der Waals surface area contributed by atoms with Gasteiger partial charge in [0.05, 0.1) is 12.2 Å². The fourth-order valence-electron chi connectivity index (χ4n) is 2.70. The lowest BCUT2D eigenvalue weighted by Gasteiger charge is -2.20. The van der Waals surface area contributed by atoms with E-state index in [4.69, 9.17) is 0 Å². The maximum absolute atomic E-state index is 12.1. The lowest BCUT2D eigenvalue weighted by molar-refractivity contribution is -0.132. The molecule has 0 aliphatic carbocycles. The summed E-state index contributed by atoms with van der Waals surface area (Å²) in [7, 11) is 1.79. The smallest absolute Gasteiger partial charge is 0.224 e. The average Bonchev–Trinajstić information content (AvgIpc) is 2.80. The molecule has 2 rings (SSSR count). The Kier molecular flexibility index (Phi) is 4.94. The number of pyridine rings is 1. The van der Waals surface area contributed by atoms with Crippen molar-refractivity contribution in [2.75, 3.05) is 20.1 Å². The molecule has 2 heterocycles. The molecule has 21 heavy (non-hydrogen) atoms. The van der Waals surface area contributed by atoms with E-state index in [0.29, 0.717) is 25.9 Å². The van der Waals surface area contributed by atoms with E-state index in [2.05, 4.69) is 4.98 Å². The van der Waals surface area contributed by atoms with Gasteiger partial charge >= 0.3 is 0 Å². The minimum absolute atomic E-state index is 0.0515. The molecule has 0 radical (unpaired) electrons. The third kappa shape index (κ3) is 4.28. The predicted molar refractivity (Wildman–Crippen MR) is 80.6 cm³/mol. The molecule has 0 saturated carbocycles. The van der Waals surface area contributed by atoms with Crippen molar-refractivity contribution in [2.24, 2.45) is 0 Å². The van der Waals surface area contributed by atoms with Gasteiger partial charge in [0.1, 0.15) is 0 Å². The SMILES string of the molecule is Cc1cc(C)nc(CN(C)C(=O)CCN2CCCC2=O)c1. The monoisotopic (exact) mass is 289 g/mol. The molecule has 5 heteroatoms. The number of aryl methyl sites for hydroxylation is 2. The topological polar surface area (TPSA) is 53.5 Å². The lowest BCUT2D eigenvalue weighted by Crippen LogP contribution is -2.32. The normalized spacial score (nSPS) is 14.6. The van der Waals surface area contributed by atoms with Crippen molar-refractivity contribution < 1.29 is 9.59 Å². The van der Waals surface area contributed by atoms with Gasteiger partial charge in [-0.15, -0.1) is 0 Å². The zero-order chi connectivity index (χ0) is 15.4. The molecule has 0 atom stereocenters. The number of nitrogens with zero attached hydrogens (tertiary/aromatic N) is 3. The number of aromatic nitrogens is 1. The van der Waals surface area contributed by atoms with Crippen molar-refractivity contribution in [3.8, 4) is 0 Å². The first kappa shape index (κ1) is 15.5. The molecule has 0 unspecified atom stereocenters. The fraction of sp³-hybridized carbons (Fsp3) is 0.562. The average molecular weight is 289 g/mol. The number of rotatable bonds is 5. The van der Waals surface area contributed by atoms with Crippen LogP contribution in [0.5, 0.6) is 0 Å². The summed E-state index contributed by atoms with van der Waals surface area (Å²) in [4.78, 5) is 31.6. The number of likely N-dealkylation sites (tertiary alicyclic amines) is 1. The molecule has 1 fully saturated rings. The van der Waals surface area contributed by atoms with Crippen LogP contribution in [0.2, 0.25) is 0 Å². The Hall–Kier alpha value is -1.91. The first-order chi connectivity index (χ1) is 9.95. The van der Waals surface area contributed by atoms with E-state index < -0.39 is 0 Å². The van der Waals surface area contributed by atoms with Gasteiger partial charge in [-0.25, -0.2) is 0 Å². The van der Waals surface area contributed by atoms with Gasteiger partial charge in [-0.2, -0.15) is 0 Å². The Morgan fingerprint density at radius 3 is 2.76 bits per heavy atom. The van der Waals surface area contributed by atoms with Gasteiger partial charge in [-0.3, -0.25) is 14.6 Å². The Bertz CT molecular complexity index is 522. The highest BCUT2D eigenvalue weighted by atomic mass is 16.2. The van der Waals surface area contributed by atoms with E-state index in [1.54, 1.807) is 16.8 Å². The lowest BCUT2D eigenvalue weighted by atomic mass is 10.2. The first-order valence-electron chi connectivity index (χ1n) is 7.41. The van der Waals surface area contributed by atoms with Crippen LogP contribution in [0, 0.1) is 13.8 Å². The molecule has 0 spiro atoms. The third-order valence-corrected chi connectivity index (χ3v) is 3.74. The van der Waals surface area contributed by atoms with E-state index in [1.165, 1.54) is 0 Å². The van der Waals surface area contributed by atoms with Crippen LogP contribution >= 0.6 is 0 Å². The van der Waals surface area contributed by atoms with E-state index in [1.807, 2.05) is 26.0 Å². The zero-order valence-corrected chi connectivity index (χ0v) is 13.1. The molecule has 1 aromatic rings. The maximum Gasteiger partial charge on any atom is 0.224 e. The van der Waals surface area contributed by atoms with Crippen molar-refractivity contribution in [3.05, 3.63) is 29.1 Å². The van der Waals surface area contributed by atoms with Crippen LogP contribution < -0.4 is 0 Å². The maximum atomic E-state index is 12.1. The van der Waals surface area contributed by atoms with E-state index in [9.17, 15) is 9.59 Å². The Morgan fingerprint density at radius 2 is 2.14 bits per heavy atom. The second-order valence-electron chi connectivity index (χ2n) is 5.76. The van der Waals surface area contributed by atoms with Gasteiger partial charge in [0.15, 0.2) is 0 Å². The van der Waals surface area contributed by atoms with E-state index >= 15 is 0 Å². The molecule has 1 saturated heterocycles. The van der Waals surface area contributed by atoms with Crippen LogP contribution in [-0.2, 0) is 16.1 Å². The molecule has 1 aliphatic rings. The molecule has 1 aromatic heterocycles. The molecular formula is C16H23N3O2. The number of hydrogen-bond acceptors (Lipinski definition) is 3. The minimum Gasteiger partial charge on any atom is -0.342 e. The van der Waals surface area contributed by atoms with Crippen LogP contribution in [-0.4, -0.2) is 46.7 Å². The molecular weight excluding hydrogens is 266 g/mol. The molecule has 1 aliphatic heterocycles. The number of carbonyl (C=O) groups is 2. The summed E-state index contributed by atoms with van der Waals surface area (Å²) in [6.07, 6.45) is 1.92. The van der Waals surface area contributed by atoms with Crippen LogP contribution in [0.3, 0.4) is 0 Å². The molecule has 0 N–H and O–H groups in total. The second kappa shape index (κ2) is 6.70. The van der Waals surface area contributed by atoms with Crippen molar-refractivity contribution in [3.63, 3.8) is 0 Å². The van der Waals surface area contributed by atoms with Gasteiger partial charge in [0, 0.05) is 38.7 Å². The van der Waals surface area contributed by atoms with Crippen LogP contribution in [0.4, 0.5) is 0 Å². The zero-order valence-electron chi connectivity index (χ0n) is 13.1. The predicted octanol–water partition coefficient (Wildman–Crippen LogP) is 1.67. The fourth-order valence-corrected chi connectivity index (χ4v) is 2.70. The summed E-state index contributed by atoms with van der Waals surface area (Å²) < 4.78 is 0. The second-order valence-corrected chi connectivity index (χ2v) is 5.76. The van der Waals surface area contributed by atoms with Crippen LogP contribution in [0.1, 0.15) is 36.2 Å². The van der Waals surface area contributed by atoms with Gasteiger partial charge in [-0.05, 0) is 38.0 Å². The molecule has 114 valence electrons. The highest BCUT2D eigenvalue weighted by Gasteiger charge is 2.21. The summed E-state index contributed by atoms with van der Waals surface area (Å²) >= 11 is 0. The Morgan fingerprint density at radius 1 is 1.38 bits per heavy atom. The summed E-state index contributed by atoms with van der Waals surface area (Å²) in [6.45, 7) is 5.81.